The molecule has 2 unspecified atom stereocenters. The zero-order chi connectivity index (χ0) is 14.7. The number of nitro benzene ring substituents is 1. The monoisotopic (exact) mass is 277 g/mol. The maximum atomic E-state index is 12.1. The number of amides is 1. The van der Waals surface area contributed by atoms with Crippen LogP contribution in [0.25, 0.3) is 0 Å². The molecule has 0 saturated heterocycles. The molecule has 0 radical (unpaired) electrons. The van der Waals surface area contributed by atoms with Crippen LogP contribution in [-0.2, 0) is 0 Å². The van der Waals surface area contributed by atoms with Crippen LogP contribution in [0.4, 0.5) is 11.4 Å². The van der Waals surface area contributed by atoms with Crippen LogP contribution in [-0.4, -0.2) is 23.9 Å². The number of carbonyl (C=O) groups is 1. The molecule has 2 atom stereocenters. The minimum absolute atomic E-state index is 0.0834. The maximum Gasteiger partial charge on any atom is 0.293 e. The number of nitrogens with one attached hydrogen (secondary N) is 2. The molecule has 0 aliphatic heterocycles. The van der Waals surface area contributed by atoms with Crippen LogP contribution >= 0.6 is 0 Å². The Balaban J connectivity index is 2.14. The first-order valence-corrected chi connectivity index (χ1v) is 6.78. The van der Waals surface area contributed by atoms with Crippen molar-refractivity contribution < 1.29 is 9.72 Å². The molecule has 1 fully saturated rings. The second-order valence-electron chi connectivity index (χ2n) is 5.33. The average Bonchev–Trinajstić information content (AvgIpc) is 2.83. The van der Waals surface area contributed by atoms with E-state index in [1.54, 1.807) is 19.2 Å². The second-order valence-corrected chi connectivity index (χ2v) is 5.33. The van der Waals surface area contributed by atoms with Gasteiger partial charge in [0.05, 0.1) is 4.92 Å². The Kier molecular flexibility index (Phi) is 4.22. The first kappa shape index (κ1) is 14.3. The molecule has 0 spiro atoms. The largest absolute Gasteiger partial charge is 0.383 e. The summed E-state index contributed by atoms with van der Waals surface area (Å²) >= 11 is 0. The van der Waals surface area contributed by atoms with Crippen molar-refractivity contribution in [3.05, 3.63) is 33.9 Å². The van der Waals surface area contributed by atoms with Crippen LogP contribution in [0.3, 0.4) is 0 Å². The Morgan fingerprint density at radius 1 is 1.40 bits per heavy atom. The summed E-state index contributed by atoms with van der Waals surface area (Å²) in [4.78, 5) is 22.6. The average molecular weight is 277 g/mol. The highest BCUT2D eigenvalue weighted by Gasteiger charge is 2.24. The van der Waals surface area contributed by atoms with Crippen molar-refractivity contribution >= 4 is 17.3 Å². The lowest BCUT2D eigenvalue weighted by atomic mass is 10.1. The van der Waals surface area contributed by atoms with Crippen molar-refractivity contribution in [3.8, 4) is 0 Å². The molecule has 1 aromatic carbocycles. The van der Waals surface area contributed by atoms with Gasteiger partial charge in [-0.25, -0.2) is 0 Å². The van der Waals surface area contributed by atoms with Crippen LogP contribution in [0.15, 0.2) is 18.2 Å². The van der Waals surface area contributed by atoms with Gasteiger partial charge in [-0.3, -0.25) is 14.9 Å². The van der Waals surface area contributed by atoms with Crippen molar-refractivity contribution in [2.75, 3.05) is 12.4 Å². The van der Waals surface area contributed by atoms with Gasteiger partial charge in [0.15, 0.2) is 0 Å². The van der Waals surface area contributed by atoms with Gasteiger partial charge >= 0.3 is 0 Å². The number of carbonyl (C=O) groups excluding carboxylic acids is 1. The van der Waals surface area contributed by atoms with E-state index >= 15 is 0 Å². The molecule has 20 heavy (non-hydrogen) atoms. The zero-order valence-corrected chi connectivity index (χ0v) is 11.7. The molecule has 2 rings (SSSR count). The lowest BCUT2D eigenvalue weighted by Gasteiger charge is -2.12. The topological polar surface area (TPSA) is 84.3 Å². The fraction of sp³-hybridized carbons (Fsp3) is 0.500. The molecule has 0 bridgehead atoms. The van der Waals surface area contributed by atoms with Crippen molar-refractivity contribution in [3.63, 3.8) is 0 Å². The van der Waals surface area contributed by atoms with Gasteiger partial charge in [0.1, 0.15) is 5.69 Å². The van der Waals surface area contributed by atoms with Crippen LogP contribution in [0.2, 0.25) is 0 Å². The molecule has 6 nitrogen and oxygen atoms in total. The Bertz CT molecular complexity index is 530. The Morgan fingerprint density at radius 3 is 2.70 bits per heavy atom. The number of nitro groups is 1. The van der Waals surface area contributed by atoms with E-state index in [2.05, 4.69) is 17.6 Å². The molecule has 6 heteroatoms. The minimum Gasteiger partial charge on any atom is -0.383 e. The quantitative estimate of drug-likeness (QED) is 0.654. The first-order chi connectivity index (χ1) is 9.51. The summed E-state index contributed by atoms with van der Waals surface area (Å²) < 4.78 is 0. The van der Waals surface area contributed by atoms with E-state index in [4.69, 9.17) is 0 Å². The second kappa shape index (κ2) is 5.90. The fourth-order valence-electron chi connectivity index (χ4n) is 2.64. The van der Waals surface area contributed by atoms with Gasteiger partial charge in [-0.05, 0) is 37.3 Å². The first-order valence-electron chi connectivity index (χ1n) is 6.78. The number of benzene rings is 1. The normalized spacial score (nSPS) is 21.5. The highest BCUT2D eigenvalue weighted by atomic mass is 16.6. The van der Waals surface area contributed by atoms with Crippen molar-refractivity contribution in [1.29, 1.82) is 0 Å². The Hall–Kier alpha value is -2.11. The molecule has 108 valence electrons. The number of nitrogens with zero attached hydrogens (tertiary/aromatic N) is 1. The summed E-state index contributed by atoms with van der Waals surface area (Å²) in [6.45, 7) is 2.17. The lowest BCUT2D eigenvalue weighted by Crippen LogP contribution is -2.32. The van der Waals surface area contributed by atoms with Crippen LogP contribution < -0.4 is 10.6 Å². The van der Waals surface area contributed by atoms with E-state index in [1.807, 2.05) is 0 Å². The van der Waals surface area contributed by atoms with E-state index in [0.29, 0.717) is 17.2 Å². The number of hydrogen-bond acceptors (Lipinski definition) is 4. The van der Waals surface area contributed by atoms with E-state index in [-0.39, 0.29) is 17.6 Å². The number of rotatable bonds is 4. The Morgan fingerprint density at radius 2 is 2.15 bits per heavy atom. The predicted octanol–water partition coefficient (Wildman–Crippen LogP) is 2.55. The molecule has 2 N–H and O–H groups in total. The van der Waals surface area contributed by atoms with E-state index in [9.17, 15) is 14.9 Å². The van der Waals surface area contributed by atoms with Gasteiger partial charge in [0.2, 0.25) is 0 Å². The lowest BCUT2D eigenvalue weighted by molar-refractivity contribution is -0.384. The minimum atomic E-state index is -0.486. The molecule has 1 aromatic rings. The van der Waals surface area contributed by atoms with E-state index in [0.717, 1.165) is 19.3 Å². The molecule has 0 aromatic heterocycles. The van der Waals surface area contributed by atoms with Gasteiger partial charge < -0.3 is 10.6 Å². The molecular weight excluding hydrogens is 258 g/mol. The smallest absolute Gasteiger partial charge is 0.293 e. The van der Waals surface area contributed by atoms with Crippen molar-refractivity contribution in [1.82, 2.24) is 5.32 Å². The molecule has 1 aliphatic carbocycles. The molecule has 1 saturated carbocycles. The van der Waals surface area contributed by atoms with E-state index in [1.165, 1.54) is 6.07 Å². The third-order valence-electron chi connectivity index (χ3n) is 3.76. The molecule has 1 aliphatic rings. The van der Waals surface area contributed by atoms with Gasteiger partial charge in [0.25, 0.3) is 11.6 Å². The third-order valence-corrected chi connectivity index (χ3v) is 3.76. The van der Waals surface area contributed by atoms with Crippen molar-refractivity contribution in [2.24, 2.45) is 5.92 Å². The third kappa shape index (κ3) is 3.07. The van der Waals surface area contributed by atoms with Gasteiger partial charge in [-0.15, -0.1) is 0 Å². The highest BCUT2D eigenvalue weighted by Crippen LogP contribution is 2.27. The molecular formula is C14H19N3O3. The summed E-state index contributed by atoms with van der Waals surface area (Å²) in [5.41, 5.74) is 0.649. The fourth-order valence-corrected chi connectivity index (χ4v) is 2.64. The van der Waals surface area contributed by atoms with Gasteiger partial charge in [0, 0.05) is 24.7 Å². The van der Waals surface area contributed by atoms with Crippen LogP contribution in [0.5, 0.6) is 0 Å². The van der Waals surface area contributed by atoms with Gasteiger partial charge in [-0.1, -0.05) is 6.92 Å². The summed E-state index contributed by atoms with van der Waals surface area (Å²) in [5.74, 6) is 0.385. The summed E-state index contributed by atoms with van der Waals surface area (Å²) in [6.07, 6.45) is 3.07. The highest BCUT2D eigenvalue weighted by molar-refractivity contribution is 5.95. The van der Waals surface area contributed by atoms with E-state index < -0.39 is 4.92 Å². The summed E-state index contributed by atoms with van der Waals surface area (Å²) in [7, 11) is 1.61. The SMILES string of the molecule is CNc1ccc(C(=O)NC2CCC(C)C2)cc1[N+](=O)[O-]. The Labute approximate surface area is 117 Å². The van der Waals surface area contributed by atoms with Gasteiger partial charge in [-0.2, -0.15) is 0 Å². The maximum absolute atomic E-state index is 12.1. The summed E-state index contributed by atoms with van der Waals surface area (Å²) in [5, 5.41) is 16.7. The number of hydrogen-bond donors (Lipinski definition) is 2. The zero-order valence-electron chi connectivity index (χ0n) is 11.7. The van der Waals surface area contributed by atoms with Crippen molar-refractivity contribution in [2.45, 2.75) is 32.2 Å². The standard InChI is InChI=1S/C14H19N3O3/c1-9-3-5-11(7-9)16-14(18)10-4-6-12(15-2)13(8-10)17(19)20/h4,6,8-9,11,15H,3,5,7H2,1-2H3,(H,16,18). The van der Waals surface area contributed by atoms with Crippen LogP contribution in [0.1, 0.15) is 36.5 Å². The molecule has 0 heterocycles. The summed E-state index contributed by atoms with van der Waals surface area (Å²) in [6, 6.07) is 4.66. The van der Waals surface area contributed by atoms with Crippen LogP contribution in [0, 0.1) is 16.0 Å². The number of anilines is 1. The predicted molar refractivity (Wildman–Crippen MR) is 76.9 cm³/mol. The molecule has 1 amide bonds.